The lowest BCUT2D eigenvalue weighted by atomic mass is 10.3. The van der Waals surface area contributed by atoms with Gasteiger partial charge < -0.3 is 9.73 Å². The minimum Gasteiger partial charge on any atom is -0.465 e. The normalized spacial score (nSPS) is 23.6. The summed E-state index contributed by atoms with van der Waals surface area (Å²) in [4.78, 5) is 26.1. The van der Waals surface area contributed by atoms with Gasteiger partial charge in [-0.3, -0.25) is 14.5 Å². The Hall–Kier alpha value is -1.91. The Labute approximate surface area is 154 Å². The number of hydrogen-bond donors (Lipinski definition) is 1. The number of nitrogens with one attached hydrogen (secondary N) is 1. The van der Waals surface area contributed by atoms with Gasteiger partial charge in [0.25, 0.3) is 5.91 Å². The Morgan fingerprint density at radius 3 is 2.96 bits per heavy atom. The molecule has 0 spiro atoms. The third-order valence-corrected chi connectivity index (χ3v) is 6.30. The maximum atomic E-state index is 12.4. The molecule has 0 radical (unpaired) electrons. The van der Waals surface area contributed by atoms with Crippen molar-refractivity contribution in [2.24, 2.45) is 0 Å². The number of carbonyl (C=O) groups excluding carboxylic acids is 2. The second-order valence-electron chi connectivity index (χ2n) is 5.43. The summed E-state index contributed by atoms with van der Waals surface area (Å²) in [6.07, 6.45) is 4.59. The molecule has 1 aromatic heterocycles. The van der Waals surface area contributed by atoms with E-state index in [4.69, 9.17) is 16.6 Å². The fourth-order valence-corrected chi connectivity index (χ4v) is 4.88. The second-order valence-corrected chi connectivity index (χ2v) is 9.04. The van der Waals surface area contributed by atoms with Crippen LogP contribution < -0.4 is 5.32 Å². The zero-order chi connectivity index (χ0) is 18.0. The van der Waals surface area contributed by atoms with E-state index in [1.165, 1.54) is 17.2 Å². The summed E-state index contributed by atoms with van der Waals surface area (Å²) in [5, 5.41) is 3.71. The van der Waals surface area contributed by atoms with Gasteiger partial charge in [0.1, 0.15) is 10.1 Å². The van der Waals surface area contributed by atoms with Crippen LogP contribution in [0.1, 0.15) is 12.2 Å². The van der Waals surface area contributed by atoms with Crippen LogP contribution in [0.4, 0.5) is 0 Å². The van der Waals surface area contributed by atoms with Crippen molar-refractivity contribution in [3.63, 3.8) is 0 Å². The summed E-state index contributed by atoms with van der Waals surface area (Å²) in [5.41, 5.74) is 0. The fourth-order valence-electron chi connectivity index (χ4n) is 2.35. The van der Waals surface area contributed by atoms with E-state index < -0.39 is 15.9 Å². The maximum Gasteiger partial charge on any atom is 0.266 e. The van der Waals surface area contributed by atoms with Crippen LogP contribution in [0.5, 0.6) is 0 Å². The van der Waals surface area contributed by atoms with Gasteiger partial charge in [-0.15, -0.1) is 0 Å². The number of carbonyl (C=O) groups is 2. The summed E-state index contributed by atoms with van der Waals surface area (Å²) in [5.74, 6) is -0.197. The van der Waals surface area contributed by atoms with Gasteiger partial charge in [0.05, 0.1) is 23.0 Å². The average Bonchev–Trinajstić information content (AvgIpc) is 3.21. The number of nitrogens with zero attached hydrogens (tertiary/aromatic N) is 1. The number of amides is 2. The number of thioether (sulfide) groups is 1. The van der Waals surface area contributed by atoms with Crippen molar-refractivity contribution < 1.29 is 22.4 Å². The number of furan rings is 1. The quantitative estimate of drug-likeness (QED) is 0.590. The van der Waals surface area contributed by atoms with Crippen LogP contribution in [-0.4, -0.2) is 47.8 Å². The van der Waals surface area contributed by atoms with Crippen molar-refractivity contribution in [3.05, 3.63) is 40.5 Å². The van der Waals surface area contributed by atoms with Crippen LogP contribution in [0.2, 0.25) is 0 Å². The Morgan fingerprint density at radius 1 is 1.52 bits per heavy atom. The van der Waals surface area contributed by atoms with E-state index in [0.29, 0.717) is 15.0 Å². The molecule has 1 N–H and O–H groups in total. The van der Waals surface area contributed by atoms with Crippen LogP contribution in [0, 0.1) is 0 Å². The van der Waals surface area contributed by atoms with Crippen molar-refractivity contribution in [1.29, 1.82) is 0 Å². The summed E-state index contributed by atoms with van der Waals surface area (Å²) < 4.78 is 28.2. The van der Waals surface area contributed by atoms with Gasteiger partial charge in [0, 0.05) is 24.4 Å². The molecule has 2 amide bonds. The van der Waals surface area contributed by atoms with E-state index in [0.717, 1.165) is 17.2 Å². The first-order valence-corrected chi connectivity index (χ1v) is 10.3. The Balaban J connectivity index is 1.54. The first-order chi connectivity index (χ1) is 11.8. The van der Waals surface area contributed by atoms with Gasteiger partial charge in [-0.25, -0.2) is 8.42 Å². The zero-order valence-corrected chi connectivity index (χ0v) is 15.3. The minimum absolute atomic E-state index is 0.0326. The predicted molar refractivity (Wildman–Crippen MR) is 98.1 cm³/mol. The first-order valence-electron chi connectivity index (χ1n) is 7.33. The Bertz CT molecular complexity index is 871. The second kappa shape index (κ2) is 7.14. The molecule has 0 bridgehead atoms. The van der Waals surface area contributed by atoms with E-state index >= 15 is 0 Å². The molecular weight excluding hydrogens is 384 g/mol. The smallest absolute Gasteiger partial charge is 0.266 e. The standard InChI is InChI=1S/C15H14N2O5S3/c18-13(16-10-4-7-25(20,21)9-10)3-5-17-14(19)12(24-15(17)23)8-11-2-1-6-22-11/h1-2,4,6-8,10H,3,5,9H2,(H,16,18)/b12-8-. The molecule has 7 nitrogen and oxygen atoms in total. The number of sulfone groups is 1. The van der Waals surface area contributed by atoms with Gasteiger partial charge in [0.15, 0.2) is 9.84 Å². The van der Waals surface area contributed by atoms with Gasteiger partial charge in [0.2, 0.25) is 5.91 Å². The number of hydrogen-bond acceptors (Lipinski definition) is 7. The summed E-state index contributed by atoms with van der Waals surface area (Å²) >= 11 is 6.34. The van der Waals surface area contributed by atoms with E-state index in [1.807, 2.05) is 0 Å². The molecule has 132 valence electrons. The Kier molecular flexibility index (Phi) is 5.11. The van der Waals surface area contributed by atoms with Crippen LogP contribution in [0.3, 0.4) is 0 Å². The highest BCUT2D eigenvalue weighted by atomic mass is 32.2. The van der Waals surface area contributed by atoms with Crippen molar-refractivity contribution in [3.8, 4) is 0 Å². The van der Waals surface area contributed by atoms with Crippen LogP contribution in [0.15, 0.2) is 39.2 Å². The van der Waals surface area contributed by atoms with Crippen LogP contribution in [0.25, 0.3) is 6.08 Å². The fraction of sp³-hybridized carbons (Fsp3) is 0.267. The van der Waals surface area contributed by atoms with Crippen LogP contribution >= 0.6 is 24.0 Å². The molecule has 1 unspecified atom stereocenters. The SMILES string of the molecule is O=C(CCN1C(=O)/C(=C/c2ccco2)SC1=S)NC1C=CS(=O)(=O)C1. The molecule has 0 saturated carbocycles. The highest BCUT2D eigenvalue weighted by Gasteiger charge is 2.32. The Morgan fingerprint density at radius 2 is 2.32 bits per heavy atom. The molecule has 1 saturated heterocycles. The van der Waals surface area contributed by atoms with Gasteiger partial charge >= 0.3 is 0 Å². The monoisotopic (exact) mass is 398 g/mol. The van der Waals surface area contributed by atoms with Crippen molar-refractivity contribution >= 4 is 56.0 Å². The highest BCUT2D eigenvalue weighted by Crippen LogP contribution is 2.32. The highest BCUT2D eigenvalue weighted by molar-refractivity contribution is 8.26. The average molecular weight is 398 g/mol. The lowest BCUT2D eigenvalue weighted by molar-refractivity contribution is -0.124. The maximum absolute atomic E-state index is 12.4. The van der Waals surface area contributed by atoms with Crippen molar-refractivity contribution in [2.75, 3.05) is 12.3 Å². The van der Waals surface area contributed by atoms with E-state index in [2.05, 4.69) is 5.32 Å². The van der Waals surface area contributed by atoms with E-state index in [-0.39, 0.29) is 30.5 Å². The summed E-state index contributed by atoms with van der Waals surface area (Å²) in [6, 6.07) is 2.92. The molecule has 2 aliphatic rings. The molecule has 25 heavy (non-hydrogen) atoms. The molecule has 0 aromatic carbocycles. The van der Waals surface area contributed by atoms with Crippen LogP contribution in [-0.2, 0) is 19.4 Å². The number of thiocarbonyl (C=S) groups is 1. The molecule has 3 heterocycles. The lowest BCUT2D eigenvalue weighted by Crippen LogP contribution is -2.38. The van der Waals surface area contributed by atoms with Gasteiger partial charge in [-0.1, -0.05) is 24.0 Å². The zero-order valence-electron chi connectivity index (χ0n) is 12.9. The number of rotatable bonds is 5. The minimum atomic E-state index is -3.22. The van der Waals surface area contributed by atoms with Gasteiger partial charge in [-0.05, 0) is 18.2 Å². The van der Waals surface area contributed by atoms with E-state index in [9.17, 15) is 18.0 Å². The third kappa shape index (κ3) is 4.39. The molecule has 1 fully saturated rings. The molecule has 1 aromatic rings. The largest absolute Gasteiger partial charge is 0.465 e. The summed E-state index contributed by atoms with van der Waals surface area (Å²) in [7, 11) is -3.22. The van der Waals surface area contributed by atoms with Gasteiger partial charge in [-0.2, -0.15) is 0 Å². The topological polar surface area (TPSA) is 96.7 Å². The molecule has 1 atom stereocenters. The summed E-state index contributed by atoms with van der Waals surface area (Å²) in [6.45, 7) is 0.134. The van der Waals surface area contributed by atoms with Crippen molar-refractivity contribution in [1.82, 2.24) is 10.2 Å². The van der Waals surface area contributed by atoms with Crippen molar-refractivity contribution in [2.45, 2.75) is 12.5 Å². The molecule has 10 heteroatoms. The molecular formula is C15H14N2O5S3. The van der Waals surface area contributed by atoms with E-state index in [1.54, 1.807) is 18.2 Å². The predicted octanol–water partition coefficient (Wildman–Crippen LogP) is 1.30. The third-order valence-electron chi connectivity index (χ3n) is 3.53. The molecule has 3 rings (SSSR count). The molecule has 0 aliphatic carbocycles. The lowest BCUT2D eigenvalue weighted by Gasteiger charge is -2.15. The first kappa shape index (κ1) is 17.9. The molecule has 2 aliphatic heterocycles.